The Kier molecular flexibility index (Phi) is 4.28. The minimum Gasteiger partial charge on any atom is -0.384 e. The van der Waals surface area contributed by atoms with Gasteiger partial charge in [-0.25, -0.2) is 9.97 Å². The molecule has 6 heteroatoms. The Morgan fingerprint density at radius 2 is 2.00 bits per heavy atom. The summed E-state index contributed by atoms with van der Waals surface area (Å²) in [7, 11) is 0. The number of hydrogen-bond donors (Lipinski definition) is 3. The number of rotatable bonds is 5. The molecule has 1 aromatic carbocycles. The van der Waals surface area contributed by atoms with Gasteiger partial charge in [-0.3, -0.25) is 4.79 Å². The van der Waals surface area contributed by atoms with Gasteiger partial charge >= 0.3 is 0 Å². The van der Waals surface area contributed by atoms with E-state index in [0.717, 1.165) is 5.56 Å². The van der Waals surface area contributed by atoms with Gasteiger partial charge in [0, 0.05) is 12.6 Å². The normalized spacial score (nSPS) is 9.89. The fraction of sp³-hybridized carbons (Fsp3) is 0.154. The zero-order chi connectivity index (χ0) is 13.5. The number of nitrogen functional groups attached to an aromatic ring is 1. The molecule has 1 amide bonds. The van der Waals surface area contributed by atoms with Crippen LogP contribution in [0.4, 0.5) is 11.6 Å². The van der Waals surface area contributed by atoms with E-state index < -0.39 is 0 Å². The van der Waals surface area contributed by atoms with Crippen LogP contribution in [-0.2, 0) is 11.3 Å². The third-order valence-electron chi connectivity index (χ3n) is 2.45. The maximum absolute atomic E-state index is 11.6. The van der Waals surface area contributed by atoms with Gasteiger partial charge in [0.2, 0.25) is 5.91 Å². The second-order valence-corrected chi connectivity index (χ2v) is 3.94. The molecule has 0 bridgehead atoms. The first-order valence-corrected chi connectivity index (χ1v) is 5.86. The summed E-state index contributed by atoms with van der Waals surface area (Å²) in [6, 6.07) is 11.3. The summed E-state index contributed by atoms with van der Waals surface area (Å²) >= 11 is 0. The van der Waals surface area contributed by atoms with Crippen molar-refractivity contribution < 1.29 is 4.79 Å². The number of amides is 1. The Hall–Kier alpha value is -2.63. The Morgan fingerprint density at radius 3 is 2.74 bits per heavy atom. The molecule has 98 valence electrons. The fourth-order valence-electron chi connectivity index (χ4n) is 1.50. The van der Waals surface area contributed by atoms with E-state index >= 15 is 0 Å². The van der Waals surface area contributed by atoms with Crippen molar-refractivity contribution in [3.8, 4) is 0 Å². The van der Waals surface area contributed by atoms with E-state index in [2.05, 4.69) is 20.6 Å². The van der Waals surface area contributed by atoms with Crippen LogP contribution in [0.2, 0.25) is 0 Å². The van der Waals surface area contributed by atoms with Crippen molar-refractivity contribution in [1.29, 1.82) is 0 Å². The highest BCUT2D eigenvalue weighted by molar-refractivity contribution is 5.80. The molecule has 0 saturated carbocycles. The highest BCUT2D eigenvalue weighted by Crippen LogP contribution is 2.03. The molecule has 0 aliphatic carbocycles. The lowest BCUT2D eigenvalue weighted by molar-refractivity contribution is -0.119. The monoisotopic (exact) mass is 257 g/mol. The van der Waals surface area contributed by atoms with Crippen LogP contribution in [0.3, 0.4) is 0 Å². The number of carbonyl (C=O) groups is 1. The number of nitrogens with one attached hydrogen (secondary N) is 2. The number of carbonyl (C=O) groups excluding carboxylic acids is 1. The van der Waals surface area contributed by atoms with Crippen LogP contribution < -0.4 is 16.4 Å². The number of hydrogen-bond acceptors (Lipinski definition) is 5. The predicted molar refractivity (Wildman–Crippen MR) is 73.2 cm³/mol. The van der Waals surface area contributed by atoms with Gasteiger partial charge in [-0.2, -0.15) is 0 Å². The number of anilines is 2. The summed E-state index contributed by atoms with van der Waals surface area (Å²) in [5.74, 6) is 0.783. The van der Waals surface area contributed by atoms with Crippen LogP contribution in [0.25, 0.3) is 0 Å². The Labute approximate surface area is 111 Å². The first-order chi connectivity index (χ1) is 9.24. The first-order valence-electron chi connectivity index (χ1n) is 5.86. The lowest BCUT2D eigenvalue weighted by atomic mass is 10.2. The largest absolute Gasteiger partial charge is 0.384 e. The molecule has 0 atom stereocenters. The fourth-order valence-corrected chi connectivity index (χ4v) is 1.50. The van der Waals surface area contributed by atoms with Gasteiger partial charge in [0.15, 0.2) is 0 Å². The van der Waals surface area contributed by atoms with Gasteiger partial charge in [0.25, 0.3) is 0 Å². The van der Waals surface area contributed by atoms with Crippen molar-refractivity contribution in [2.45, 2.75) is 6.54 Å². The quantitative estimate of drug-likeness (QED) is 0.736. The molecule has 4 N–H and O–H groups in total. The smallest absolute Gasteiger partial charge is 0.239 e. The van der Waals surface area contributed by atoms with Gasteiger partial charge in [0.1, 0.15) is 18.0 Å². The minimum absolute atomic E-state index is 0.110. The second-order valence-electron chi connectivity index (χ2n) is 3.94. The average molecular weight is 257 g/mol. The van der Waals surface area contributed by atoms with Crippen LogP contribution >= 0.6 is 0 Å². The van der Waals surface area contributed by atoms with E-state index in [1.54, 1.807) is 6.07 Å². The summed E-state index contributed by atoms with van der Waals surface area (Å²) in [4.78, 5) is 19.3. The maximum atomic E-state index is 11.6. The molecule has 1 aromatic heterocycles. The van der Waals surface area contributed by atoms with Crippen LogP contribution in [0.15, 0.2) is 42.7 Å². The highest BCUT2D eigenvalue weighted by Gasteiger charge is 2.02. The van der Waals surface area contributed by atoms with Gasteiger partial charge in [-0.1, -0.05) is 30.3 Å². The molecule has 0 aliphatic heterocycles. The molecule has 2 rings (SSSR count). The molecule has 0 aliphatic rings. The minimum atomic E-state index is -0.110. The Morgan fingerprint density at radius 1 is 1.21 bits per heavy atom. The lowest BCUT2D eigenvalue weighted by Gasteiger charge is -2.07. The van der Waals surface area contributed by atoms with Crippen LogP contribution in [0.5, 0.6) is 0 Å². The maximum Gasteiger partial charge on any atom is 0.239 e. The molecule has 0 fully saturated rings. The third kappa shape index (κ3) is 4.27. The number of nitrogens with zero attached hydrogens (tertiary/aromatic N) is 2. The second kappa shape index (κ2) is 6.34. The third-order valence-corrected chi connectivity index (χ3v) is 2.45. The van der Waals surface area contributed by atoms with Crippen molar-refractivity contribution in [2.75, 3.05) is 17.6 Å². The molecule has 0 unspecified atom stereocenters. The molecule has 2 aromatic rings. The summed E-state index contributed by atoms with van der Waals surface area (Å²) in [6.07, 6.45) is 1.35. The van der Waals surface area contributed by atoms with Crippen molar-refractivity contribution in [3.63, 3.8) is 0 Å². The number of aromatic nitrogens is 2. The average Bonchev–Trinajstić information content (AvgIpc) is 2.44. The Balaban J connectivity index is 1.76. The first kappa shape index (κ1) is 12.8. The molecule has 19 heavy (non-hydrogen) atoms. The van der Waals surface area contributed by atoms with Gasteiger partial charge in [-0.05, 0) is 5.56 Å². The van der Waals surface area contributed by atoms with E-state index in [-0.39, 0.29) is 12.5 Å². The van der Waals surface area contributed by atoms with Gasteiger partial charge in [0.05, 0.1) is 6.54 Å². The van der Waals surface area contributed by atoms with Crippen molar-refractivity contribution in [1.82, 2.24) is 15.3 Å². The molecule has 0 spiro atoms. The van der Waals surface area contributed by atoms with Crippen molar-refractivity contribution >= 4 is 17.5 Å². The highest BCUT2D eigenvalue weighted by atomic mass is 16.1. The van der Waals surface area contributed by atoms with E-state index in [1.807, 2.05) is 30.3 Å². The van der Waals surface area contributed by atoms with E-state index in [9.17, 15) is 4.79 Å². The summed E-state index contributed by atoms with van der Waals surface area (Å²) in [5, 5.41) is 5.69. The molecular formula is C13H15N5O. The topological polar surface area (TPSA) is 92.9 Å². The number of benzene rings is 1. The summed E-state index contributed by atoms with van der Waals surface area (Å²) in [6.45, 7) is 0.649. The van der Waals surface area contributed by atoms with E-state index in [1.165, 1.54) is 6.33 Å². The summed E-state index contributed by atoms with van der Waals surface area (Å²) < 4.78 is 0. The summed E-state index contributed by atoms with van der Waals surface area (Å²) in [5.41, 5.74) is 6.57. The molecular weight excluding hydrogens is 242 g/mol. The van der Waals surface area contributed by atoms with Crippen LogP contribution in [-0.4, -0.2) is 22.4 Å². The Bertz CT molecular complexity index is 544. The SMILES string of the molecule is Nc1cc(NCC(=O)NCc2ccccc2)ncn1. The molecule has 0 radical (unpaired) electrons. The molecule has 1 heterocycles. The zero-order valence-electron chi connectivity index (χ0n) is 10.3. The number of nitrogens with two attached hydrogens (primary N) is 1. The predicted octanol–water partition coefficient (Wildman–Crippen LogP) is 0.787. The van der Waals surface area contributed by atoms with Crippen molar-refractivity contribution in [2.24, 2.45) is 0 Å². The zero-order valence-corrected chi connectivity index (χ0v) is 10.3. The standard InChI is InChI=1S/C13H15N5O/c14-11-6-12(18-9-17-11)15-8-13(19)16-7-10-4-2-1-3-5-10/h1-6,9H,7-8H2,(H,16,19)(H3,14,15,17,18). The van der Waals surface area contributed by atoms with Crippen LogP contribution in [0.1, 0.15) is 5.56 Å². The lowest BCUT2D eigenvalue weighted by Crippen LogP contribution is -2.29. The molecule has 6 nitrogen and oxygen atoms in total. The van der Waals surface area contributed by atoms with E-state index in [0.29, 0.717) is 18.2 Å². The van der Waals surface area contributed by atoms with Gasteiger partial charge < -0.3 is 16.4 Å². The van der Waals surface area contributed by atoms with Gasteiger partial charge in [-0.15, -0.1) is 0 Å². The van der Waals surface area contributed by atoms with Crippen LogP contribution in [0, 0.1) is 0 Å². The molecule has 0 saturated heterocycles. The van der Waals surface area contributed by atoms with E-state index in [4.69, 9.17) is 5.73 Å². The van der Waals surface area contributed by atoms with Crippen molar-refractivity contribution in [3.05, 3.63) is 48.3 Å².